The van der Waals surface area contributed by atoms with Crippen LogP contribution in [0.25, 0.3) is 17.1 Å². The first-order chi connectivity index (χ1) is 14.2. The molecule has 0 radical (unpaired) electrons. The minimum absolute atomic E-state index is 0.662. The molecule has 0 fully saturated rings. The van der Waals surface area contributed by atoms with Crippen molar-refractivity contribution in [2.45, 2.75) is 17.8 Å². The fourth-order valence-corrected chi connectivity index (χ4v) is 4.03. The van der Waals surface area contributed by atoms with Gasteiger partial charge in [-0.05, 0) is 43.3 Å². The van der Waals surface area contributed by atoms with Gasteiger partial charge in [-0.2, -0.15) is 0 Å². The molecule has 0 amide bonds. The molecule has 0 saturated carbocycles. The second kappa shape index (κ2) is 8.45. The number of furan rings is 1. The van der Waals surface area contributed by atoms with Gasteiger partial charge in [0.25, 0.3) is 0 Å². The largest absolute Gasteiger partial charge is 0.497 e. The molecule has 0 aliphatic rings. The molecule has 0 atom stereocenters. The first-order valence-corrected chi connectivity index (χ1v) is 10.1. The third-order valence-electron chi connectivity index (χ3n) is 4.59. The van der Waals surface area contributed by atoms with Crippen molar-refractivity contribution in [2.24, 2.45) is 0 Å². The minimum Gasteiger partial charge on any atom is -0.497 e. The second-order valence-electron chi connectivity index (χ2n) is 6.33. The molecule has 0 aliphatic heterocycles. The van der Waals surface area contributed by atoms with E-state index < -0.39 is 0 Å². The molecule has 0 aliphatic carbocycles. The highest BCUT2D eigenvalue weighted by atomic mass is 32.2. The summed E-state index contributed by atoms with van der Waals surface area (Å²) in [5.41, 5.74) is 2.95. The van der Waals surface area contributed by atoms with E-state index in [1.165, 1.54) is 0 Å². The van der Waals surface area contributed by atoms with Gasteiger partial charge in [0.2, 0.25) is 0 Å². The molecular weight excluding hydrogens is 386 g/mol. The van der Waals surface area contributed by atoms with E-state index in [9.17, 15) is 0 Å². The molecule has 7 heteroatoms. The van der Waals surface area contributed by atoms with E-state index in [4.69, 9.17) is 13.9 Å². The third kappa shape index (κ3) is 3.86. The van der Waals surface area contributed by atoms with Gasteiger partial charge in [0, 0.05) is 17.0 Å². The molecule has 2 aromatic heterocycles. The lowest BCUT2D eigenvalue weighted by Crippen LogP contribution is -2.00. The summed E-state index contributed by atoms with van der Waals surface area (Å²) in [4.78, 5) is 0. The molecule has 2 heterocycles. The van der Waals surface area contributed by atoms with Gasteiger partial charge in [0.1, 0.15) is 17.3 Å². The molecule has 4 rings (SSSR count). The number of aryl methyl sites for hydroxylation is 1. The van der Waals surface area contributed by atoms with Gasteiger partial charge in [0.05, 0.1) is 26.0 Å². The van der Waals surface area contributed by atoms with Crippen LogP contribution in [0.3, 0.4) is 0 Å². The van der Waals surface area contributed by atoms with Crippen LogP contribution in [-0.4, -0.2) is 29.0 Å². The number of methoxy groups -OCH3 is 2. The molecule has 4 aromatic rings. The third-order valence-corrected chi connectivity index (χ3v) is 5.57. The van der Waals surface area contributed by atoms with E-state index in [0.29, 0.717) is 5.75 Å². The Hall–Kier alpha value is -3.19. The molecule has 0 saturated heterocycles. The molecule has 0 bridgehead atoms. The van der Waals surface area contributed by atoms with E-state index in [2.05, 4.69) is 14.8 Å². The first kappa shape index (κ1) is 19.1. The topological polar surface area (TPSA) is 62.3 Å². The van der Waals surface area contributed by atoms with Crippen molar-refractivity contribution in [1.29, 1.82) is 0 Å². The van der Waals surface area contributed by atoms with E-state index in [1.54, 1.807) is 32.2 Å². The van der Waals surface area contributed by atoms with Crippen LogP contribution in [0.5, 0.6) is 11.5 Å². The van der Waals surface area contributed by atoms with Crippen LogP contribution in [0.4, 0.5) is 0 Å². The zero-order valence-electron chi connectivity index (χ0n) is 16.5. The number of ether oxygens (including phenoxy) is 2. The highest BCUT2D eigenvalue weighted by Crippen LogP contribution is 2.34. The molecular formula is C22H21N3O3S. The number of hydrogen-bond donors (Lipinski definition) is 0. The number of aromatic nitrogens is 3. The first-order valence-electron chi connectivity index (χ1n) is 9.10. The minimum atomic E-state index is 0.662. The van der Waals surface area contributed by atoms with Gasteiger partial charge in [0.15, 0.2) is 11.0 Å². The van der Waals surface area contributed by atoms with Crippen molar-refractivity contribution >= 4 is 11.8 Å². The molecule has 148 valence electrons. The zero-order chi connectivity index (χ0) is 20.2. The van der Waals surface area contributed by atoms with Crippen molar-refractivity contribution in [3.63, 3.8) is 0 Å². The Balaban J connectivity index is 1.72. The Morgan fingerprint density at radius 3 is 2.52 bits per heavy atom. The lowest BCUT2D eigenvalue weighted by atomic mass is 10.2. The van der Waals surface area contributed by atoms with E-state index in [1.807, 2.05) is 61.5 Å². The molecule has 0 spiro atoms. The average molecular weight is 407 g/mol. The number of thioether (sulfide) groups is 1. The molecule has 29 heavy (non-hydrogen) atoms. The fourth-order valence-electron chi connectivity index (χ4n) is 3.10. The van der Waals surface area contributed by atoms with Crippen LogP contribution in [-0.2, 0) is 5.75 Å². The normalized spacial score (nSPS) is 10.9. The molecule has 0 unspecified atom stereocenters. The smallest absolute Gasteiger partial charge is 0.196 e. The van der Waals surface area contributed by atoms with Crippen LogP contribution < -0.4 is 9.47 Å². The van der Waals surface area contributed by atoms with Crippen LogP contribution >= 0.6 is 11.8 Å². The lowest BCUT2D eigenvalue weighted by molar-refractivity contribution is 0.400. The summed E-state index contributed by atoms with van der Waals surface area (Å²) in [6.45, 7) is 1.92. The highest BCUT2D eigenvalue weighted by Gasteiger charge is 2.19. The van der Waals surface area contributed by atoms with Gasteiger partial charge in [-0.3, -0.25) is 4.57 Å². The molecule has 0 N–H and O–H groups in total. The van der Waals surface area contributed by atoms with Gasteiger partial charge in [-0.15, -0.1) is 10.2 Å². The summed E-state index contributed by atoms with van der Waals surface area (Å²) in [6.07, 6.45) is 1.67. The van der Waals surface area contributed by atoms with Gasteiger partial charge < -0.3 is 13.9 Å². The van der Waals surface area contributed by atoms with E-state index >= 15 is 0 Å². The summed E-state index contributed by atoms with van der Waals surface area (Å²) >= 11 is 1.59. The average Bonchev–Trinajstić information content (AvgIpc) is 3.38. The van der Waals surface area contributed by atoms with Gasteiger partial charge in [-0.25, -0.2) is 0 Å². The Bertz CT molecular complexity index is 1110. The van der Waals surface area contributed by atoms with Crippen molar-refractivity contribution in [3.8, 4) is 28.6 Å². The maximum atomic E-state index is 5.50. The number of hydrogen-bond acceptors (Lipinski definition) is 6. The second-order valence-corrected chi connectivity index (χ2v) is 7.28. The summed E-state index contributed by atoms with van der Waals surface area (Å²) in [6, 6.07) is 17.8. The number of benzene rings is 2. The number of para-hydroxylation sites is 1. The SMILES string of the molecule is COc1ccc(OC)c(CSc2nnc(-c3ccoc3C)n2-c2ccccc2)c1. The van der Waals surface area contributed by atoms with Crippen molar-refractivity contribution in [3.05, 3.63) is 72.2 Å². The maximum Gasteiger partial charge on any atom is 0.196 e. The lowest BCUT2D eigenvalue weighted by Gasteiger charge is -2.12. The summed E-state index contributed by atoms with van der Waals surface area (Å²) in [5.74, 6) is 3.83. The van der Waals surface area contributed by atoms with Gasteiger partial charge >= 0.3 is 0 Å². The Morgan fingerprint density at radius 2 is 1.83 bits per heavy atom. The number of nitrogens with zero attached hydrogens (tertiary/aromatic N) is 3. The zero-order valence-corrected chi connectivity index (χ0v) is 17.3. The Labute approximate surface area is 173 Å². The fraction of sp³-hybridized carbons (Fsp3) is 0.182. The summed E-state index contributed by atoms with van der Waals surface area (Å²) in [7, 11) is 3.33. The molecule has 2 aromatic carbocycles. The van der Waals surface area contributed by atoms with Crippen molar-refractivity contribution in [1.82, 2.24) is 14.8 Å². The Morgan fingerprint density at radius 1 is 1.00 bits per heavy atom. The van der Waals surface area contributed by atoms with E-state index in [0.717, 1.165) is 45.1 Å². The maximum absolute atomic E-state index is 5.50. The standard InChI is InChI=1S/C22H21N3O3S/c1-15-19(11-12-28-15)21-23-24-22(25(21)17-7-5-4-6-8-17)29-14-16-13-18(26-2)9-10-20(16)27-3/h4-13H,14H2,1-3H3. The predicted octanol–water partition coefficient (Wildman–Crippen LogP) is 5.15. The molecule has 6 nitrogen and oxygen atoms in total. The summed E-state index contributed by atoms with van der Waals surface area (Å²) in [5, 5.41) is 9.71. The highest BCUT2D eigenvalue weighted by molar-refractivity contribution is 7.98. The predicted molar refractivity (Wildman–Crippen MR) is 113 cm³/mol. The van der Waals surface area contributed by atoms with Crippen LogP contribution in [0, 0.1) is 6.92 Å². The van der Waals surface area contributed by atoms with Crippen molar-refractivity contribution in [2.75, 3.05) is 14.2 Å². The van der Waals surface area contributed by atoms with Crippen molar-refractivity contribution < 1.29 is 13.9 Å². The van der Waals surface area contributed by atoms with E-state index in [-0.39, 0.29) is 0 Å². The van der Waals surface area contributed by atoms with Crippen LogP contribution in [0.15, 0.2) is 70.4 Å². The van der Waals surface area contributed by atoms with Crippen LogP contribution in [0.1, 0.15) is 11.3 Å². The van der Waals surface area contributed by atoms with Crippen LogP contribution in [0.2, 0.25) is 0 Å². The monoisotopic (exact) mass is 407 g/mol. The quantitative estimate of drug-likeness (QED) is 0.395. The number of rotatable bonds is 7. The summed E-state index contributed by atoms with van der Waals surface area (Å²) < 4.78 is 18.4. The Kier molecular flexibility index (Phi) is 5.57. The van der Waals surface area contributed by atoms with Gasteiger partial charge in [-0.1, -0.05) is 30.0 Å².